The summed E-state index contributed by atoms with van der Waals surface area (Å²) >= 11 is 0. The SMILES string of the molecule is CN1CCN(OCC(=O)C#N)CC1. The van der Waals surface area contributed by atoms with Crippen LogP contribution >= 0.6 is 0 Å². The summed E-state index contributed by atoms with van der Waals surface area (Å²) in [6, 6.07) is 1.51. The van der Waals surface area contributed by atoms with Crippen LogP contribution in [0.5, 0.6) is 0 Å². The summed E-state index contributed by atoms with van der Waals surface area (Å²) < 4.78 is 0. The predicted molar refractivity (Wildman–Crippen MR) is 45.6 cm³/mol. The van der Waals surface area contributed by atoms with Gasteiger partial charge in [-0.3, -0.25) is 9.63 Å². The van der Waals surface area contributed by atoms with E-state index in [4.69, 9.17) is 10.1 Å². The minimum absolute atomic E-state index is 0.125. The molecule has 0 amide bonds. The molecule has 0 aliphatic carbocycles. The highest BCUT2D eigenvalue weighted by Crippen LogP contribution is 1.99. The molecule has 1 heterocycles. The van der Waals surface area contributed by atoms with Gasteiger partial charge in [-0.15, -0.1) is 0 Å². The average Bonchev–Trinajstić information content (AvgIpc) is 2.16. The molecule has 5 heteroatoms. The minimum atomic E-state index is -0.529. The highest BCUT2D eigenvalue weighted by molar-refractivity contribution is 5.94. The lowest BCUT2D eigenvalue weighted by atomic mass is 10.4. The van der Waals surface area contributed by atoms with Gasteiger partial charge in [0, 0.05) is 26.2 Å². The van der Waals surface area contributed by atoms with Gasteiger partial charge in [0.1, 0.15) is 12.7 Å². The summed E-state index contributed by atoms with van der Waals surface area (Å²) in [7, 11) is 2.04. The monoisotopic (exact) mass is 183 g/mol. The molecule has 0 aromatic carbocycles. The fourth-order valence-electron chi connectivity index (χ4n) is 1.10. The van der Waals surface area contributed by atoms with Gasteiger partial charge in [0.15, 0.2) is 0 Å². The number of carbonyl (C=O) groups excluding carboxylic acids is 1. The molecule has 1 fully saturated rings. The molecule has 1 rings (SSSR count). The number of hydroxylamine groups is 2. The Balaban J connectivity index is 2.16. The second-order valence-corrected chi connectivity index (χ2v) is 3.04. The van der Waals surface area contributed by atoms with Gasteiger partial charge in [0.05, 0.1) is 0 Å². The van der Waals surface area contributed by atoms with E-state index in [1.807, 2.05) is 7.05 Å². The lowest BCUT2D eigenvalue weighted by Crippen LogP contribution is -2.44. The molecule has 13 heavy (non-hydrogen) atoms. The number of hydrogen-bond acceptors (Lipinski definition) is 5. The van der Waals surface area contributed by atoms with Gasteiger partial charge in [-0.25, -0.2) is 0 Å². The van der Waals surface area contributed by atoms with E-state index in [9.17, 15) is 4.79 Å². The maximum absolute atomic E-state index is 10.6. The van der Waals surface area contributed by atoms with Crippen molar-refractivity contribution in [3.8, 4) is 6.07 Å². The summed E-state index contributed by atoms with van der Waals surface area (Å²) in [5.41, 5.74) is 0. The first kappa shape index (κ1) is 10.1. The van der Waals surface area contributed by atoms with Crippen LogP contribution in [0, 0.1) is 11.3 Å². The Hall–Kier alpha value is -0.960. The number of rotatable bonds is 3. The Morgan fingerprint density at radius 3 is 2.62 bits per heavy atom. The molecule has 0 saturated carbocycles. The molecule has 0 spiro atoms. The number of likely N-dealkylation sites (N-methyl/N-ethyl adjacent to an activating group) is 1. The number of carbonyl (C=O) groups is 1. The molecule has 1 aliphatic rings. The molecule has 0 aromatic rings. The van der Waals surface area contributed by atoms with Crippen molar-refractivity contribution in [2.75, 3.05) is 39.8 Å². The maximum Gasteiger partial charge on any atom is 0.259 e. The Morgan fingerprint density at radius 1 is 1.46 bits per heavy atom. The van der Waals surface area contributed by atoms with Gasteiger partial charge < -0.3 is 4.90 Å². The molecule has 72 valence electrons. The molecule has 0 atom stereocenters. The van der Waals surface area contributed by atoms with Gasteiger partial charge in [-0.05, 0) is 7.05 Å². The number of nitriles is 1. The van der Waals surface area contributed by atoms with Crippen LogP contribution < -0.4 is 0 Å². The largest absolute Gasteiger partial charge is 0.304 e. The van der Waals surface area contributed by atoms with Gasteiger partial charge >= 0.3 is 0 Å². The summed E-state index contributed by atoms with van der Waals surface area (Å²) in [5.74, 6) is -0.529. The molecule has 0 aromatic heterocycles. The third-order valence-corrected chi connectivity index (χ3v) is 1.97. The standard InChI is InChI=1S/C8H13N3O2/c1-10-2-4-11(5-3-10)13-7-8(12)6-9/h2-5,7H2,1H3. The van der Waals surface area contributed by atoms with E-state index in [1.54, 1.807) is 5.06 Å². The fraction of sp³-hybridized carbons (Fsp3) is 0.750. The Labute approximate surface area is 77.4 Å². The highest BCUT2D eigenvalue weighted by atomic mass is 16.7. The summed E-state index contributed by atoms with van der Waals surface area (Å²) in [5, 5.41) is 9.93. The third kappa shape index (κ3) is 3.51. The van der Waals surface area contributed by atoms with Crippen molar-refractivity contribution in [3.05, 3.63) is 0 Å². The lowest BCUT2D eigenvalue weighted by molar-refractivity contribution is -0.177. The Kier molecular flexibility index (Phi) is 3.83. The smallest absolute Gasteiger partial charge is 0.259 e. The second kappa shape index (κ2) is 4.92. The van der Waals surface area contributed by atoms with Crippen LogP contribution in [0.2, 0.25) is 0 Å². The van der Waals surface area contributed by atoms with Crippen LogP contribution in [-0.2, 0) is 9.63 Å². The van der Waals surface area contributed by atoms with Crippen LogP contribution in [0.15, 0.2) is 0 Å². The zero-order valence-electron chi connectivity index (χ0n) is 7.69. The van der Waals surface area contributed by atoms with E-state index >= 15 is 0 Å². The summed E-state index contributed by atoms with van der Waals surface area (Å²) in [6.45, 7) is 3.31. The van der Waals surface area contributed by atoms with Gasteiger partial charge in [-0.1, -0.05) is 0 Å². The maximum atomic E-state index is 10.6. The molecule has 1 aliphatic heterocycles. The Morgan fingerprint density at radius 2 is 2.08 bits per heavy atom. The van der Waals surface area contributed by atoms with Crippen LogP contribution in [0.1, 0.15) is 0 Å². The van der Waals surface area contributed by atoms with E-state index in [2.05, 4.69) is 4.90 Å². The molecule has 0 unspecified atom stereocenters. The number of piperazine rings is 1. The third-order valence-electron chi connectivity index (χ3n) is 1.97. The van der Waals surface area contributed by atoms with Crippen molar-refractivity contribution in [1.29, 1.82) is 5.26 Å². The second-order valence-electron chi connectivity index (χ2n) is 3.04. The molecule has 0 bridgehead atoms. The summed E-state index contributed by atoms with van der Waals surface area (Å²) in [4.78, 5) is 17.9. The van der Waals surface area contributed by atoms with Crippen molar-refractivity contribution in [1.82, 2.24) is 9.96 Å². The van der Waals surface area contributed by atoms with Gasteiger partial charge in [0.2, 0.25) is 0 Å². The first-order chi connectivity index (χ1) is 6.22. The number of nitrogens with zero attached hydrogens (tertiary/aromatic N) is 3. The van der Waals surface area contributed by atoms with E-state index in [1.165, 1.54) is 6.07 Å². The average molecular weight is 183 g/mol. The molecule has 5 nitrogen and oxygen atoms in total. The van der Waals surface area contributed by atoms with Crippen LogP contribution in [-0.4, -0.2) is 55.6 Å². The number of hydrogen-bond donors (Lipinski definition) is 0. The van der Waals surface area contributed by atoms with Crippen molar-refractivity contribution >= 4 is 5.78 Å². The lowest BCUT2D eigenvalue weighted by Gasteiger charge is -2.30. The molecule has 1 saturated heterocycles. The number of ketones is 1. The Bertz CT molecular complexity index is 216. The minimum Gasteiger partial charge on any atom is -0.304 e. The van der Waals surface area contributed by atoms with Gasteiger partial charge in [0.25, 0.3) is 5.78 Å². The van der Waals surface area contributed by atoms with Crippen molar-refractivity contribution < 1.29 is 9.63 Å². The first-order valence-electron chi connectivity index (χ1n) is 4.21. The molecule has 0 N–H and O–H groups in total. The highest BCUT2D eigenvalue weighted by Gasteiger charge is 2.14. The predicted octanol–water partition coefficient (Wildman–Crippen LogP) is -0.742. The van der Waals surface area contributed by atoms with Crippen LogP contribution in [0.25, 0.3) is 0 Å². The van der Waals surface area contributed by atoms with Gasteiger partial charge in [-0.2, -0.15) is 10.3 Å². The topological polar surface area (TPSA) is 56.6 Å². The van der Waals surface area contributed by atoms with Crippen LogP contribution in [0.3, 0.4) is 0 Å². The van der Waals surface area contributed by atoms with E-state index < -0.39 is 5.78 Å². The zero-order chi connectivity index (χ0) is 9.68. The molecule has 0 radical (unpaired) electrons. The van der Waals surface area contributed by atoms with Crippen molar-refractivity contribution in [2.45, 2.75) is 0 Å². The van der Waals surface area contributed by atoms with Crippen LogP contribution in [0.4, 0.5) is 0 Å². The van der Waals surface area contributed by atoms with E-state index in [0.717, 1.165) is 26.2 Å². The van der Waals surface area contributed by atoms with E-state index in [-0.39, 0.29) is 6.61 Å². The number of Topliss-reactive ketones (excluding diaryl/α,β-unsaturated/α-hetero) is 1. The first-order valence-corrected chi connectivity index (χ1v) is 4.21. The fourth-order valence-corrected chi connectivity index (χ4v) is 1.10. The van der Waals surface area contributed by atoms with E-state index in [0.29, 0.717) is 0 Å². The normalized spacial score (nSPS) is 19.7. The summed E-state index contributed by atoms with van der Waals surface area (Å²) in [6.07, 6.45) is 0. The van der Waals surface area contributed by atoms with Crippen molar-refractivity contribution in [2.24, 2.45) is 0 Å². The van der Waals surface area contributed by atoms with Crippen molar-refractivity contribution in [3.63, 3.8) is 0 Å². The molecular weight excluding hydrogens is 170 g/mol. The molecular formula is C8H13N3O2. The zero-order valence-corrected chi connectivity index (χ0v) is 7.69. The quantitative estimate of drug-likeness (QED) is 0.539.